The summed E-state index contributed by atoms with van der Waals surface area (Å²) in [6, 6.07) is 76.3. The van der Waals surface area contributed by atoms with Gasteiger partial charge in [0.15, 0.2) is 17.5 Å². The Morgan fingerprint density at radius 3 is 1.57 bits per heavy atom. The second-order valence-corrected chi connectivity index (χ2v) is 16.5. The van der Waals surface area contributed by atoms with Crippen LogP contribution in [0.3, 0.4) is 0 Å². The van der Waals surface area contributed by atoms with Gasteiger partial charge in [0.1, 0.15) is 11.2 Å². The molecule has 0 saturated heterocycles. The molecule has 0 fully saturated rings. The third-order valence-electron chi connectivity index (χ3n) is 12.7. The fourth-order valence-corrected chi connectivity index (χ4v) is 9.64. The van der Waals surface area contributed by atoms with Crippen molar-refractivity contribution in [3.05, 3.63) is 218 Å². The van der Waals surface area contributed by atoms with Crippen molar-refractivity contribution in [2.75, 3.05) is 0 Å². The summed E-state index contributed by atoms with van der Waals surface area (Å²) in [6.07, 6.45) is 0. The minimum atomic E-state index is 0.596. The summed E-state index contributed by atoms with van der Waals surface area (Å²) in [6.45, 7) is 0. The van der Waals surface area contributed by atoms with Crippen LogP contribution in [0.25, 0.3) is 133 Å². The smallest absolute Gasteiger partial charge is 0.164 e. The number of furan rings is 1. The Bertz CT molecular complexity index is 3970. The number of pyridine rings is 1. The lowest BCUT2D eigenvalue weighted by Crippen LogP contribution is -2.01. The van der Waals surface area contributed by atoms with Crippen LogP contribution in [0.1, 0.15) is 0 Å². The van der Waals surface area contributed by atoms with E-state index in [4.69, 9.17) is 24.4 Å². The number of aromatic nitrogens is 4. The van der Waals surface area contributed by atoms with Gasteiger partial charge in [-0.15, -0.1) is 0 Å². The average molecular weight is 829 g/mol. The Hall–Kier alpha value is -8.80. The molecule has 0 radical (unpaired) electrons. The van der Waals surface area contributed by atoms with E-state index in [-0.39, 0.29) is 0 Å². The maximum Gasteiger partial charge on any atom is 0.164 e. The van der Waals surface area contributed by atoms with Gasteiger partial charge in [-0.25, -0.2) is 19.9 Å². The highest BCUT2D eigenvalue weighted by Gasteiger charge is 2.22. The molecule has 0 amide bonds. The fourth-order valence-electron chi connectivity index (χ4n) is 9.64. The number of para-hydroxylation sites is 2. The van der Waals surface area contributed by atoms with E-state index in [9.17, 15) is 0 Å². The molecule has 5 nitrogen and oxygen atoms in total. The summed E-state index contributed by atoms with van der Waals surface area (Å²) in [7, 11) is 0. The molecule has 3 aromatic heterocycles. The van der Waals surface area contributed by atoms with Gasteiger partial charge < -0.3 is 4.42 Å². The second-order valence-electron chi connectivity index (χ2n) is 16.5. The number of fused-ring (bicyclic) bond motifs is 9. The molecular formula is C60H36N4O. The largest absolute Gasteiger partial charge is 0.456 e. The molecule has 0 bridgehead atoms. The van der Waals surface area contributed by atoms with Crippen molar-refractivity contribution >= 4 is 65.2 Å². The average Bonchev–Trinajstić information content (AvgIpc) is 3.76. The Morgan fingerprint density at radius 1 is 0.292 bits per heavy atom. The van der Waals surface area contributed by atoms with Gasteiger partial charge >= 0.3 is 0 Å². The molecule has 0 spiro atoms. The molecule has 13 rings (SSSR count). The van der Waals surface area contributed by atoms with Gasteiger partial charge in [-0.1, -0.05) is 194 Å². The molecule has 0 aliphatic carbocycles. The van der Waals surface area contributed by atoms with E-state index in [0.29, 0.717) is 17.5 Å². The zero-order chi connectivity index (χ0) is 42.8. The van der Waals surface area contributed by atoms with Gasteiger partial charge in [-0.2, -0.15) is 0 Å². The molecule has 0 unspecified atom stereocenters. The molecule has 5 heteroatoms. The van der Waals surface area contributed by atoms with Crippen molar-refractivity contribution in [2.24, 2.45) is 0 Å². The maximum atomic E-state index is 6.69. The van der Waals surface area contributed by atoms with Crippen molar-refractivity contribution < 1.29 is 4.42 Å². The third kappa shape index (κ3) is 6.16. The summed E-state index contributed by atoms with van der Waals surface area (Å²) >= 11 is 0. The van der Waals surface area contributed by atoms with E-state index >= 15 is 0 Å². The van der Waals surface area contributed by atoms with E-state index < -0.39 is 0 Å². The Kier molecular flexibility index (Phi) is 8.46. The highest BCUT2D eigenvalue weighted by Crippen LogP contribution is 2.47. The Labute approximate surface area is 374 Å². The fraction of sp³-hybridized carbons (Fsp3) is 0. The quantitative estimate of drug-likeness (QED) is 0.156. The summed E-state index contributed by atoms with van der Waals surface area (Å²) in [5.74, 6) is 1.84. The normalized spacial score (nSPS) is 11.7. The van der Waals surface area contributed by atoms with Crippen molar-refractivity contribution in [3.63, 3.8) is 0 Å². The lowest BCUT2D eigenvalue weighted by atomic mass is 9.89. The van der Waals surface area contributed by atoms with Gasteiger partial charge in [0, 0.05) is 54.7 Å². The number of benzene rings is 10. The van der Waals surface area contributed by atoms with Crippen molar-refractivity contribution in [1.82, 2.24) is 19.9 Å². The predicted octanol–water partition coefficient (Wildman–Crippen LogP) is 15.8. The van der Waals surface area contributed by atoms with Crippen LogP contribution in [0.2, 0.25) is 0 Å². The first-order valence-electron chi connectivity index (χ1n) is 21.9. The molecular weight excluding hydrogens is 793 g/mol. The molecule has 0 N–H and O–H groups in total. The zero-order valence-electron chi connectivity index (χ0n) is 35.0. The van der Waals surface area contributed by atoms with E-state index in [1.54, 1.807) is 0 Å². The minimum absolute atomic E-state index is 0.596. The zero-order valence-corrected chi connectivity index (χ0v) is 35.0. The first-order valence-corrected chi connectivity index (χ1v) is 21.9. The lowest BCUT2D eigenvalue weighted by molar-refractivity contribution is 0.669. The highest BCUT2D eigenvalue weighted by atomic mass is 16.3. The molecule has 13 aromatic rings. The van der Waals surface area contributed by atoms with Gasteiger partial charge in [0.05, 0.1) is 11.2 Å². The van der Waals surface area contributed by atoms with Gasteiger partial charge in [0.25, 0.3) is 0 Å². The number of rotatable bonds is 6. The standard InChI is InChI=1S/C60H36N4O/c1-3-15-37(16-4-1)38-27-29-39(30-28-38)54-55-47-23-11-13-25-51(47)61-57(50(55)36-53-56(54)48-24-12-14-26-52(48)65-53)40-31-33-42(34-32-40)59-62-58(41-17-5-2-6-18-41)63-60(64-59)49-35-43-19-7-8-20-44(43)45-21-9-10-22-46(45)49/h1-36H. The van der Waals surface area contributed by atoms with Gasteiger partial charge in [0.2, 0.25) is 0 Å². The molecule has 3 heterocycles. The highest BCUT2D eigenvalue weighted by molar-refractivity contribution is 6.27. The molecule has 10 aromatic carbocycles. The third-order valence-corrected chi connectivity index (χ3v) is 12.7. The van der Waals surface area contributed by atoms with Crippen LogP contribution in [-0.4, -0.2) is 19.9 Å². The summed E-state index contributed by atoms with van der Waals surface area (Å²) in [5, 5.41) is 10.0. The summed E-state index contributed by atoms with van der Waals surface area (Å²) in [4.78, 5) is 20.9. The molecule has 65 heavy (non-hydrogen) atoms. The minimum Gasteiger partial charge on any atom is -0.456 e. The van der Waals surface area contributed by atoms with Gasteiger partial charge in [-0.3, -0.25) is 0 Å². The molecule has 0 aliphatic rings. The van der Waals surface area contributed by atoms with Crippen molar-refractivity contribution in [1.29, 1.82) is 0 Å². The summed E-state index contributed by atoms with van der Waals surface area (Å²) in [5.41, 5.74) is 11.8. The number of hydrogen-bond acceptors (Lipinski definition) is 5. The van der Waals surface area contributed by atoms with E-state index in [0.717, 1.165) is 98.8 Å². The van der Waals surface area contributed by atoms with Gasteiger partial charge in [-0.05, 0) is 62.5 Å². The molecule has 0 atom stereocenters. The van der Waals surface area contributed by atoms with Crippen LogP contribution >= 0.6 is 0 Å². The Morgan fingerprint density at radius 2 is 0.815 bits per heavy atom. The SMILES string of the molecule is c1ccc(-c2ccc(-c3c4c(cc5c(-c6ccc(-c7nc(-c8ccccc8)nc(-c8cc9ccccc9c9ccccc89)n7)cc6)nc6ccccc6c35)oc3ccccc34)cc2)cc1. The summed E-state index contributed by atoms with van der Waals surface area (Å²) < 4.78 is 6.69. The van der Waals surface area contributed by atoms with Crippen LogP contribution in [0.4, 0.5) is 0 Å². The van der Waals surface area contributed by atoms with Crippen molar-refractivity contribution in [2.45, 2.75) is 0 Å². The van der Waals surface area contributed by atoms with Crippen LogP contribution in [0.15, 0.2) is 223 Å². The van der Waals surface area contributed by atoms with Crippen LogP contribution in [0, 0.1) is 0 Å². The van der Waals surface area contributed by atoms with E-state index in [2.05, 4.69) is 182 Å². The van der Waals surface area contributed by atoms with Crippen LogP contribution in [0.5, 0.6) is 0 Å². The first-order chi connectivity index (χ1) is 32.2. The monoisotopic (exact) mass is 828 g/mol. The van der Waals surface area contributed by atoms with Crippen LogP contribution < -0.4 is 0 Å². The van der Waals surface area contributed by atoms with E-state index in [1.807, 2.05) is 36.4 Å². The number of hydrogen-bond donors (Lipinski definition) is 0. The van der Waals surface area contributed by atoms with E-state index in [1.165, 1.54) is 16.5 Å². The molecule has 302 valence electrons. The molecule has 0 saturated carbocycles. The topological polar surface area (TPSA) is 64.7 Å². The lowest BCUT2D eigenvalue weighted by Gasteiger charge is -2.16. The second kappa shape index (κ2) is 14.9. The Balaban J connectivity index is 1.01. The predicted molar refractivity (Wildman–Crippen MR) is 268 cm³/mol. The first kappa shape index (κ1) is 36.8. The van der Waals surface area contributed by atoms with Crippen molar-refractivity contribution in [3.8, 4) is 67.7 Å². The molecule has 0 aliphatic heterocycles. The van der Waals surface area contributed by atoms with Crippen LogP contribution in [-0.2, 0) is 0 Å². The number of nitrogens with zero attached hydrogens (tertiary/aromatic N) is 4. The maximum absolute atomic E-state index is 6.69.